The molecule has 0 saturated heterocycles. The van der Waals surface area contributed by atoms with Gasteiger partial charge in [0.05, 0.1) is 12.2 Å². The molecule has 0 radical (unpaired) electrons. The number of carbonyl (C=O) groups is 1. The number of rotatable bonds is 7. The van der Waals surface area contributed by atoms with Gasteiger partial charge >= 0.3 is 5.97 Å². The van der Waals surface area contributed by atoms with Crippen molar-refractivity contribution < 1.29 is 14.6 Å². The van der Waals surface area contributed by atoms with Crippen molar-refractivity contribution >= 4 is 5.97 Å². The quantitative estimate of drug-likeness (QED) is 0.753. The molecule has 1 aromatic rings. The number of benzene rings is 1. The second-order valence-corrected chi connectivity index (χ2v) is 4.75. The number of hydrogen-bond donors (Lipinski definition) is 1. The van der Waals surface area contributed by atoms with Gasteiger partial charge in [0.2, 0.25) is 0 Å². The van der Waals surface area contributed by atoms with Gasteiger partial charge in [-0.3, -0.25) is 0 Å². The molecule has 98 valence electrons. The van der Waals surface area contributed by atoms with Crippen LogP contribution >= 0.6 is 0 Å². The third-order valence-electron chi connectivity index (χ3n) is 3.18. The Labute approximate surface area is 107 Å². The molecule has 4 heteroatoms. The predicted octanol–water partition coefficient (Wildman–Crippen LogP) is 2.25. The van der Waals surface area contributed by atoms with Crippen LogP contribution < -0.4 is 4.74 Å². The lowest BCUT2D eigenvalue weighted by molar-refractivity contribution is 0.0696. The van der Waals surface area contributed by atoms with E-state index in [9.17, 15) is 4.79 Å². The highest BCUT2D eigenvalue weighted by Crippen LogP contribution is 2.25. The summed E-state index contributed by atoms with van der Waals surface area (Å²) < 4.78 is 5.56. The number of hydrogen-bond acceptors (Lipinski definition) is 3. The summed E-state index contributed by atoms with van der Waals surface area (Å²) in [6, 6.07) is 7.40. The van der Waals surface area contributed by atoms with E-state index in [1.165, 1.54) is 12.8 Å². The lowest BCUT2D eigenvalue weighted by atomic mass is 10.2. The fourth-order valence-corrected chi connectivity index (χ4v) is 1.92. The summed E-state index contributed by atoms with van der Waals surface area (Å²) in [5.41, 5.74) is 0.266. The highest BCUT2D eigenvalue weighted by atomic mass is 16.5. The molecule has 0 bridgehead atoms. The van der Waals surface area contributed by atoms with E-state index in [2.05, 4.69) is 11.9 Å². The second kappa shape index (κ2) is 5.87. The Hall–Kier alpha value is -1.55. The summed E-state index contributed by atoms with van der Waals surface area (Å²) in [6.45, 7) is 1.66. The number of nitrogens with zero attached hydrogens (tertiary/aromatic N) is 1. The summed E-state index contributed by atoms with van der Waals surface area (Å²) in [5, 5.41) is 8.86. The van der Waals surface area contributed by atoms with E-state index in [4.69, 9.17) is 9.84 Å². The van der Waals surface area contributed by atoms with Crippen LogP contribution in [-0.2, 0) is 0 Å². The van der Waals surface area contributed by atoms with E-state index in [-0.39, 0.29) is 5.56 Å². The number of ether oxygens (including phenoxy) is 1. The zero-order valence-electron chi connectivity index (χ0n) is 10.6. The van der Waals surface area contributed by atoms with Crippen LogP contribution in [0.15, 0.2) is 24.3 Å². The van der Waals surface area contributed by atoms with Crippen LogP contribution in [0.2, 0.25) is 0 Å². The van der Waals surface area contributed by atoms with Gasteiger partial charge in [0.1, 0.15) is 5.75 Å². The standard InChI is InChI=1S/C14H19NO3/c1-15(12-6-7-12)8-3-9-18-13-5-2-4-11(10-13)14(16)17/h2,4-5,10,12H,3,6-9H2,1H3,(H,16,17). The van der Waals surface area contributed by atoms with Crippen LogP contribution in [0, 0.1) is 0 Å². The van der Waals surface area contributed by atoms with Gasteiger partial charge in [-0.05, 0) is 44.5 Å². The molecule has 1 aliphatic rings. The first-order valence-electron chi connectivity index (χ1n) is 6.33. The Kier molecular flexibility index (Phi) is 4.20. The largest absolute Gasteiger partial charge is 0.494 e. The third-order valence-corrected chi connectivity index (χ3v) is 3.18. The molecule has 1 saturated carbocycles. The lowest BCUT2D eigenvalue weighted by Crippen LogP contribution is -2.23. The van der Waals surface area contributed by atoms with Crippen molar-refractivity contribution in [2.24, 2.45) is 0 Å². The maximum atomic E-state index is 10.8. The molecular weight excluding hydrogens is 230 g/mol. The molecule has 0 amide bonds. The van der Waals surface area contributed by atoms with Crippen molar-refractivity contribution in [3.8, 4) is 5.75 Å². The topological polar surface area (TPSA) is 49.8 Å². The first-order chi connectivity index (χ1) is 8.66. The van der Waals surface area contributed by atoms with E-state index in [1.807, 2.05) is 0 Å². The first kappa shape index (κ1) is 12.9. The van der Waals surface area contributed by atoms with Gasteiger partial charge in [0, 0.05) is 12.6 Å². The summed E-state index contributed by atoms with van der Waals surface area (Å²) in [5.74, 6) is -0.294. The molecule has 1 N–H and O–H groups in total. The highest BCUT2D eigenvalue weighted by Gasteiger charge is 2.25. The monoisotopic (exact) mass is 249 g/mol. The Morgan fingerprint density at radius 2 is 2.28 bits per heavy atom. The van der Waals surface area contributed by atoms with Gasteiger partial charge in [-0.2, -0.15) is 0 Å². The lowest BCUT2D eigenvalue weighted by Gasteiger charge is -2.15. The zero-order chi connectivity index (χ0) is 13.0. The minimum absolute atomic E-state index is 0.266. The summed E-state index contributed by atoms with van der Waals surface area (Å²) in [7, 11) is 2.14. The maximum Gasteiger partial charge on any atom is 0.335 e. The smallest absolute Gasteiger partial charge is 0.335 e. The number of carboxylic acid groups (broad SMARTS) is 1. The third kappa shape index (κ3) is 3.74. The van der Waals surface area contributed by atoms with Gasteiger partial charge < -0.3 is 14.7 Å². The average Bonchev–Trinajstić information content (AvgIpc) is 3.19. The normalized spacial score (nSPS) is 14.8. The summed E-state index contributed by atoms with van der Waals surface area (Å²) in [4.78, 5) is 13.2. The van der Waals surface area contributed by atoms with E-state index >= 15 is 0 Å². The van der Waals surface area contributed by atoms with Gasteiger partial charge in [0.25, 0.3) is 0 Å². The molecule has 0 aromatic heterocycles. The maximum absolute atomic E-state index is 10.8. The number of carboxylic acids is 1. The Morgan fingerprint density at radius 3 is 2.94 bits per heavy atom. The van der Waals surface area contributed by atoms with E-state index < -0.39 is 5.97 Å². The molecular formula is C14H19NO3. The van der Waals surface area contributed by atoms with E-state index in [0.29, 0.717) is 12.4 Å². The fraction of sp³-hybridized carbons (Fsp3) is 0.500. The highest BCUT2D eigenvalue weighted by molar-refractivity contribution is 5.87. The van der Waals surface area contributed by atoms with Gasteiger partial charge in [-0.15, -0.1) is 0 Å². The molecule has 1 fully saturated rings. The van der Waals surface area contributed by atoms with Crippen LogP contribution in [0.25, 0.3) is 0 Å². The van der Waals surface area contributed by atoms with Crippen LogP contribution in [0.4, 0.5) is 0 Å². The van der Waals surface area contributed by atoms with Crippen LogP contribution in [0.1, 0.15) is 29.6 Å². The minimum atomic E-state index is -0.922. The number of aromatic carboxylic acids is 1. The fourth-order valence-electron chi connectivity index (χ4n) is 1.92. The van der Waals surface area contributed by atoms with Crippen molar-refractivity contribution in [2.75, 3.05) is 20.2 Å². The van der Waals surface area contributed by atoms with Crippen molar-refractivity contribution in [3.63, 3.8) is 0 Å². The molecule has 18 heavy (non-hydrogen) atoms. The molecule has 2 rings (SSSR count). The van der Waals surface area contributed by atoms with Crippen LogP contribution in [0.3, 0.4) is 0 Å². The van der Waals surface area contributed by atoms with Crippen LogP contribution in [0.5, 0.6) is 5.75 Å². The van der Waals surface area contributed by atoms with E-state index in [1.54, 1.807) is 24.3 Å². The molecule has 0 atom stereocenters. The molecule has 0 heterocycles. The van der Waals surface area contributed by atoms with Gasteiger partial charge in [-0.25, -0.2) is 4.79 Å². The second-order valence-electron chi connectivity index (χ2n) is 4.75. The molecule has 0 unspecified atom stereocenters. The van der Waals surface area contributed by atoms with Gasteiger partial charge in [-0.1, -0.05) is 6.07 Å². The average molecular weight is 249 g/mol. The van der Waals surface area contributed by atoms with Crippen molar-refractivity contribution in [1.82, 2.24) is 4.90 Å². The summed E-state index contributed by atoms with van der Waals surface area (Å²) >= 11 is 0. The molecule has 0 spiro atoms. The molecule has 1 aromatic carbocycles. The predicted molar refractivity (Wildman–Crippen MR) is 69.2 cm³/mol. The van der Waals surface area contributed by atoms with Crippen molar-refractivity contribution in [2.45, 2.75) is 25.3 Å². The summed E-state index contributed by atoms with van der Waals surface area (Å²) in [6.07, 6.45) is 3.60. The molecule has 4 nitrogen and oxygen atoms in total. The molecule has 1 aliphatic carbocycles. The SMILES string of the molecule is CN(CCCOc1cccc(C(=O)O)c1)C1CC1. The van der Waals surface area contributed by atoms with E-state index in [0.717, 1.165) is 19.0 Å². The molecule has 0 aliphatic heterocycles. The zero-order valence-corrected chi connectivity index (χ0v) is 10.6. The van der Waals surface area contributed by atoms with Crippen LogP contribution in [-0.4, -0.2) is 42.2 Å². The van der Waals surface area contributed by atoms with Crippen molar-refractivity contribution in [3.05, 3.63) is 29.8 Å². The van der Waals surface area contributed by atoms with Gasteiger partial charge in [0.15, 0.2) is 0 Å². The van der Waals surface area contributed by atoms with Crippen molar-refractivity contribution in [1.29, 1.82) is 0 Å². The Morgan fingerprint density at radius 1 is 1.50 bits per heavy atom. The Bertz CT molecular complexity index is 415. The Balaban J connectivity index is 1.72. The minimum Gasteiger partial charge on any atom is -0.494 e. The first-order valence-corrected chi connectivity index (χ1v) is 6.33.